The zero-order valence-corrected chi connectivity index (χ0v) is 20.9. The molecule has 0 aliphatic heterocycles. The van der Waals surface area contributed by atoms with E-state index < -0.39 is 10.0 Å². The molecular formula is C24H27N7O3S. The second-order valence-electron chi connectivity index (χ2n) is 8.00. The van der Waals surface area contributed by atoms with Gasteiger partial charge >= 0.3 is 0 Å². The maximum Gasteiger partial charge on any atom is 0.265 e. The summed E-state index contributed by atoms with van der Waals surface area (Å²) in [6.07, 6.45) is 0. The standard InChI is InChI=1S/C24H27N7O3S/c1-15-14-22(26-18-10-12-21(34-5)13-11-18)28-24(25-15)27-19-6-8-20(9-7-19)30-35(32,33)23-16(2)29-31(4)17(23)3/h6-14,30H,1-5H3,(H2,25,26,27,28). The van der Waals surface area contributed by atoms with Crippen LogP contribution in [0.4, 0.5) is 28.8 Å². The van der Waals surface area contributed by atoms with Gasteiger partial charge in [-0.2, -0.15) is 10.1 Å². The Labute approximate surface area is 204 Å². The van der Waals surface area contributed by atoms with Crippen LogP contribution in [0.5, 0.6) is 5.75 Å². The van der Waals surface area contributed by atoms with Crippen LogP contribution in [0.15, 0.2) is 59.5 Å². The van der Waals surface area contributed by atoms with E-state index in [1.807, 2.05) is 37.3 Å². The Morgan fingerprint density at radius 1 is 0.857 bits per heavy atom. The average Bonchev–Trinajstić information content (AvgIpc) is 3.07. The van der Waals surface area contributed by atoms with Crippen LogP contribution in [-0.4, -0.2) is 35.3 Å². The smallest absolute Gasteiger partial charge is 0.265 e. The van der Waals surface area contributed by atoms with Crippen molar-refractivity contribution in [3.05, 3.63) is 71.7 Å². The number of benzene rings is 2. The third-order valence-corrected chi connectivity index (χ3v) is 6.95. The first-order valence-electron chi connectivity index (χ1n) is 10.8. The van der Waals surface area contributed by atoms with E-state index in [-0.39, 0.29) is 4.90 Å². The second-order valence-corrected chi connectivity index (χ2v) is 9.62. The Bertz CT molecular complexity index is 1450. The first-order valence-corrected chi connectivity index (χ1v) is 12.3. The molecule has 0 atom stereocenters. The molecule has 0 aliphatic carbocycles. The molecule has 0 unspecified atom stereocenters. The fraction of sp³-hybridized carbons (Fsp3) is 0.208. The summed E-state index contributed by atoms with van der Waals surface area (Å²) in [4.78, 5) is 9.15. The lowest BCUT2D eigenvalue weighted by Gasteiger charge is -2.12. The zero-order valence-electron chi connectivity index (χ0n) is 20.1. The first kappa shape index (κ1) is 24.0. The Morgan fingerprint density at radius 3 is 2.06 bits per heavy atom. The summed E-state index contributed by atoms with van der Waals surface area (Å²) >= 11 is 0. The Balaban J connectivity index is 1.47. The van der Waals surface area contributed by atoms with Gasteiger partial charge in [-0.3, -0.25) is 9.40 Å². The van der Waals surface area contributed by atoms with Crippen LogP contribution < -0.4 is 20.1 Å². The number of methoxy groups -OCH3 is 1. The number of aryl methyl sites for hydroxylation is 3. The molecule has 3 N–H and O–H groups in total. The van der Waals surface area contributed by atoms with Gasteiger partial charge in [-0.25, -0.2) is 13.4 Å². The Hall–Kier alpha value is -4.12. The Kier molecular flexibility index (Phi) is 6.61. The van der Waals surface area contributed by atoms with Crippen molar-refractivity contribution >= 4 is 38.9 Å². The van der Waals surface area contributed by atoms with Gasteiger partial charge in [0.05, 0.1) is 18.5 Å². The van der Waals surface area contributed by atoms with Crippen LogP contribution >= 0.6 is 0 Å². The van der Waals surface area contributed by atoms with E-state index >= 15 is 0 Å². The number of anilines is 5. The summed E-state index contributed by atoms with van der Waals surface area (Å²) in [6.45, 7) is 5.28. The fourth-order valence-corrected chi connectivity index (χ4v) is 5.11. The number of ether oxygens (including phenoxy) is 1. The molecule has 2 heterocycles. The van der Waals surface area contributed by atoms with E-state index in [1.165, 1.54) is 0 Å². The van der Waals surface area contributed by atoms with Crippen LogP contribution in [0.25, 0.3) is 0 Å². The number of hydrogen-bond acceptors (Lipinski definition) is 8. The molecular weight excluding hydrogens is 466 g/mol. The number of hydrogen-bond donors (Lipinski definition) is 3. The van der Waals surface area contributed by atoms with Gasteiger partial charge < -0.3 is 15.4 Å². The summed E-state index contributed by atoms with van der Waals surface area (Å²) in [5.41, 5.74) is 3.82. The van der Waals surface area contributed by atoms with E-state index in [0.717, 1.165) is 17.1 Å². The first-order chi connectivity index (χ1) is 16.6. The van der Waals surface area contributed by atoms with Crippen LogP contribution in [-0.2, 0) is 17.1 Å². The highest BCUT2D eigenvalue weighted by Crippen LogP contribution is 2.25. The van der Waals surface area contributed by atoms with Crippen molar-refractivity contribution < 1.29 is 13.2 Å². The maximum atomic E-state index is 12.9. The van der Waals surface area contributed by atoms with E-state index in [2.05, 4.69) is 30.4 Å². The summed E-state index contributed by atoms with van der Waals surface area (Å²) in [6, 6.07) is 16.2. The number of sulfonamides is 1. The van der Waals surface area contributed by atoms with Gasteiger partial charge in [-0.1, -0.05) is 0 Å². The van der Waals surface area contributed by atoms with Gasteiger partial charge in [0.2, 0.25) is 5.95 Å². The molecule has 0 amide bonds. The lowest BCUT2D eigenvalue weighted by atomic mass is 10.3. The lowest BCUT2D eigenvalue weighted by Crippen LogP contribution is -2.14. The van der Waals surface area contributed by atoms with Gasteiger partial charge in [0, 0.05) is 35.9 Å². The zero-order chi connectivity index (χ0) is 25.2. The molecule has 4 aromatic rings. The second kappa shape index (κ2) is 9.63. The van der Waals surface area contributed by atoms with E-state index in [4.69, 9.17) is 4.74 Å². The lowest BCUT2D eigenvalue weighted by molar-refractivity contribution is 0.415. The van der Waals surface area contributed by atoms with E-state index in [0.29, 0.717) is 34.5 Å². The normalized spacial score (nSPS) is 11.2. The van der Waals surface area contributed by atoms with Crippen molar-refractivity contribution in [1.29, 1.82) is 0 Å². The third-order valence-electron chi connectivity index (χ3n) is 5.32. The molecule has 0 spiro atoms. The van der Waals surface area contributed by atoms with Gasteiger partial charge in [0.1, 0.15) is 16.5 Å². The summed E-state index contributed by atoms with van der Waals surface area (Å²) < 4.78 is 35.1. The molecule has 35 heavy (non-hydrogen) atoms. The van der Waals surface area contributed by atoms with Gasteiger partial charge in [0.15, 0.2) is 0 Å². The van der Waals surface area contributed by atoms with Gasteiger partial charge in [-0.15, -0.1) is 0 Å². The van der Waals surface area contributed by atoms with Crippen molar-refractivity contribution in [2.24, 2.45) is 7.05 Å². The molecule has 2 aromatic heterocycles. The van der Waals surface area contributed by atoms with Gasteiger partial charge in [0.25, 0.3) is 10.0 Å². The quantitative estimate of drug-likeness (QED) is 0.329. The van der Waals surface area contributed by atoms with Crippen LogP contribution in [0.3, 0.4) is 0 Å². The minimum atomic E-state index is -3.77. The molecule has 0 aliphatic rings. The highest BCUT2D eigenvalue weighted by atomic mass is 32.2. The topological polar surface area (TPSA) is 123 Å². The molecule has 4 rings (SSSR count). The fourth-order valence-electron chi connectivity index (χ4n) is 3.61. The number of nitrogens with one attached hydrogen (secondary N) is 3. The summed E-state index contributed by atoms with van der Waals surface area (Å²) in [7, 11) is -0.427. The molecule has 0 radical (unpaired) electrons. The predicted octanol–water partition coefficient (Wildman–Crippen LogP) is 4.43. The summed E-state index contributed by atoms with van der Waals surface area (Å²) in [5.74, 6) is 1.82. The molecule has 0 fully saturated rings. The highest BCUT2D eigenvalue weighted by molar-refractivity contribution is 7.92. The van der Waals surface area contributed by atoms with Crippen molar-refractivity contribution in [1.82, 2.24) is 19.7 Å². The largest absolute Gasteiger partial charge is 0.497 e. The molecule has 0 saturated heterocycles. The highest BCUT2D eigenvalue weighted by Gasteiger charge is 2.23. The molecule has 0 bridgehead atoms. The summed E-state index contributed by atoms with van der Waals surface area (Å²) in [5, 5.41) is 10.6. The molecule has 2 aromatic carbocycles. The van der Waals surface area contributed by atoms with E-state index in [1.54, 1.807) is 57.0 Å². The molecule has 11 heteroatoms. The predicted molar refractivity (Wildman–Crippen MR) is 136 cm³/mol. The average molecular weight is 494 g/mol. The van der Waals surface area contributed by atoms with Crippen molar-refractivity contribution in [3.63, 3.8) is 0 Å². The van der Waals surface area contributed by atoms with E-state index in [9.17, 15) is 8.42 Å². The molecule has 0 saturated carbocycles. The van der Waals surface area contributed by atoms with Crippen molar-refractivity contribution in [2.75, 3.05) is 22.5 Å². The van der Waals surface area contributed by atoms with Crippen LogP contribution in [0.2, 0.25) is 0 Å². The molecule has 10 nitrogen and oxygen atoms in total. The van der Waals surface area contributed by atoms with Gasteiger partial charge in [-0.05, 0) is 69.3 Å². The van der Waals surface area contributed by atoms with Crippen molar-refractivity contribution in [2.45, 2.75) is 25.7 Å². The van der Waals surface area contributed by atoms with Crippen LogP contribution in [0.1, 0.15) is 17.1 Å². The minimum Gasteiger partial charge on any atom is -0.497 e. The van der Waals surface area contributed by atoms with Crippen LogP contribution in [0, 0.1) is 20.8 Å². The molecule has 182 valence electrons. The van der Waals surface area contributed by atoms with Crippen molar-refractivity contribution in [3.8, 4) is 5.75 Å². The minimum absolute atomic E-state index is 0.187. The SMILES string of the molecule is COc1ccc(Nc2cc(C)nc(Nc3ccc(NS(=O)(=O)c4c(C)nn(C)c4C)cc3)n2)cc1. The monoisotopic (exact) mass is 493 g/mol. The third kappa shape index (κ3) is 5.52. The number of rotatable bonds is 8. The number of aromatic nitrogens is 4. The maximum absolute atomic E-state index is 12.9. The Morgan fingerprint density at radius 2 is 1.46 bits per heavy atom. The number of nitrogens with zero attached hydrogens (tertiary/aromatic N) is 4.